The van der Waals surface area contributed by atoms with E-state index in [1.165, 1.54) is 5.69 Å². The fourth-order valence-electron chi connectivity index (χ4n) is 0.923. The molecule has 2 nitrogen and oxygen atoms in total. The zero-order chi connectivity index (χ0) is 7.23. The summed E-state index contributed by atoms with van der Waals surface area (Å²) in [5.41, 5.74) is 1.31. The van der Waals surface area contributed by atoms with Crippen molar-refractivity contribution in [2.45, 2.75) is 13.3 Å². The maximum Gasteiger partial charge on any atom is 0.0159 e. The number of aromatic nitrogens is 1. The fourth-order valence-corrected chi connectivity index (χ4v) is 0.923. The van der Waals surface area contributed by atoms with Crippen LogP contribution in [0, 0.1) is 0 Å². The summed E-state index contributed by atoms with van der Waals surface area (Å²) >= 11 is 0. The largest absolute Gasteiger partial charge is 0.365 e. The first-order chi connectivity index (χ1) is 4.93. The molecule has 1 heterocycles. The molecular weight excluding hydrogens is 124 g/mol. The Balaban J connectivity index is 2.15. The Morgan fingerprint density at radius 1 is 1.60 bits per heavy atom. The monoisotopic (exact) mass is 138 g/mol. The van der Waals surface area contributed by atoms with Crippen molar-refractivity contribution in [2.24, 2.45) is 0 Å². The number of hydrogen-bond acceptors (Lipinski definition) is 1. The standard InChI is InChI=1S/C8H14N2/c1-2-9-7-5-8-4-3-6-10-8/h3-4,6,9-10H,2,5,7H2,1H3. The molecule has 0 atom stereocenters. The third-order valence-corrected chi connectivity index (χ3v) is 1.48. The van der Waals surface area contributed by atoms with E-state index in [0.717, 1.165) is 19.5 Å². The van der Waals surface area contributed by atoms with Crippen molar-refractivity contribution in [3.05, 3.63) is 24.0 Å². The lowest BCUT2D eigenvalue weighted by Gasteiger charge is -1.97. The summed E-state index contributed by atoms with van der Waals surface area (Å²) in [7, 11) is 0. The summed E-state index contributed by atoms with van der Waals surface area (Å²) in [5, 5.41) is 3.27. The van der Waals surface area contributed by atoms with Gasteiger partial charge in [0.05, 0.1) is 0 Å². The van der Waals surface area contributed by atoms with E-state index < -0.39 is 0 Å². The Morgan fingerprint density at radius 2 is 2.50 bits per heavy atom. The lowest BCUT2D eigenvalue weighted by molar-refractivity contribution is 0.710. The zero-order valence-corrected chi connectivity index (χ0v) is 6.35. The van der Waals surface area contributed by atoms with Crippen LogP contribution in [-0.4, -0.2) is 18.1 Å². The second-order valence-electron chi connectivity index (χ2n) is 2.30. The molecule has 0 bridgehead atoms. The van der Waals surface area contributed by atoms with E-state index in [9.17, 15) is 0 Å². The van der Waals surface area contributed by atoms with E-state index >= 15 is 0 Å². The van der Waals surface area contributed by atoms with Gasteiger partial charge in [-0.3, -0.25) is 0 Å². The second-order valence-corrected chi connectivity index (χ2v) is 2.30. The van der Waals surface area contributed by atoms with Crippen LogP contribution in [0.25, 0.3) is 0 Å². The molecule has 56 valence electrons. The Morgan fingerprint density at radius 3 is 3.10 bits per heavy atom. The van der Waals surface area contributed by atoms with E-state index in [1.807, 2.05) is 12.3 Å². The van der Waals surface area contributed by atoms with E-state index in [0.29, 0.717) is 0 Å². The predicted octanol–water partition coefficient (Wildman–Crippen LogP) is 1.17. The highest BCUT2D eigenvalue weighted by Gasteiger charge is 1.89. The van der Waals surface area contributed by atoms with Crippen LogP contribution in [0.1, 0.15) is 12.6 Å². The van der Waals surface area contributed by atoms with Gasteiger partial charge in [0.1, 0.15) is 0 Å². The molecule has 0 aliphatic rings. The Kier molecular flexibility index (Phi) is 3.03. The molecular formula is C8H14N2. The summed E-state index contributed by atoms with van der Waals surface area (Å²) in [6, 6.07) is 4.14. The van der Waals surface area contributed by atoms with Crippen LogP contribution in [0.15, 0.2) is 18.3 Å². The molecule has 0 amide bonds. The van der Waals surface area contributed by atoms with Crippen LogP contribution in [0.3, 0.4) is 0 Å². The number of nitrogens with one attached hydrogen (secondary N) is 2. The van der Waals surface area contributed by atoms with Crippen LogP contribution in [0.2, 0.25) is 0 Å². The van der Waals surface area contributed by atoms with Gasteiger partial charge in [-0.25, -0.2) is 0 Å². The number of likely N-dealkylation sites (N-methyl/N-ethyl adjacent to an activating group) is 1. The molecule has 0 saturated heterocycles. The third-order valence-electron chi connectivity index (χ3n) is 1.48. The summed E-state index contributed by atoms with van der Waals surface area (Å²) in [6.07, 6.45) is 3.06. The molecule has 0 unspecified atom stereocenters. The van der Waals surface area contributed by atoms with Crippen LogP contribution >= 0.6 is 0 Å². The molecule has 2 heteroatoms. The quantitative estimate of drug-likeness (QED) is 0.600. The van der Waals surface area contributed by atoms with E-state index in [2.05, 4.69) is 23.3 Å². The molecule has 1 rings (SSSR count). The van der Waals surface area contributed by atoms with Gasteiger partial charge in [0.15, 0.2) is 0 Å². The highest BCUT2D eigenvalue weighted by atomic mass is 14.8. The Bertz CT molecular complexity index is 156. The molecule has 0 aliphatic heterocycles. The van der Waals surface area contributed by atoms with Crippen LogP contribution < -0.4 is 5.32 Å². The van der Waals surface area contributed by atoms with Crippen LogP contribution in [0.4, 0.5) is 0 Å². The molecule has 1 aromatic rings. The maximum absolute atomic E-state index is 3.27. The number of aromatic amines is 1. The van der Waals surface area contributed by atoms with Crippen LogP contribution in [0.5, 0.6) is 0 Å². The number of rotatable bonds is 4. The summed E-state index contributed by atoms with van der Waals surface area (Å²) in [6.45, 7) is 4.24. The molecule has 0 radical (unpaired) electrons. The van der Waals surface area contributed by atoms with E-state index in [4.69, 9.17) is 0 Å². The van der Waals surface area contributed by atoms with Gasteiger partial charge in [-0.1, -0.05) is 6.92 Å². The molecule has 0 aliphatic carbocycles. The van der Waals surface area contributed by atoms with Gasteiger partial charge in [-0.2, -0.15) is 0 Å². The Hall–Kier alpha value is -0.760. The highest BCUT2D eigenvalue weighted by Crippen LogP contribution is 1.93. The molecule has 10 heavy (non-hydrogen) atoms. The number of H-pyrrole nitrogens is 1. The van der Waals surface area contributed by atoms with Gasteiger partial charge in [0, 0.05) is 18.4 Å². The highest BCUT2D eigenvalue weighted by molar-refractivity contribution is 5.03. The van der Waals surface area contributed by atoms with Crippen molar-refractivity contribution >= 4 is 0 Å². The van der Waals surface area contributed by atoms with Gasteiger partial charge in [0.2, 0.25) is 0 Å². The van der Waals surface area contributed by atoms with Gasteiger partial charge in [0.25, 0.3) is 0 Å². The van der Waals surface area contributed by atoms with Gasteiger partial charge in [-0.05, 0) is 25.1 Å². The summed E-state index contributed by atoms with van der Waals surface area (Å²) in [4.78, 5) is 3.16. The smallest absolute Gasteiger partial charge is 0.0159 e. The van der Waals surface area contributed by atoms with E-state index in [-0.39, 0.29) is 0 Å². The Labute approximate surface area is 61.7 Å². The van der Waals surface area contributed by atoms with E-state index in [1.54, 1.807) is 0 Å². The molecule has 0 aromatic carbocycles. The zero-order valence-electron chi connectivity index (χ0n) is 6.35. The molecule has 0 fully saturated rings. The molecule has 2 N–H and O–H groups in total. The average Bonchev–Trinajstić information content (AvgIpc) is 2.41. The molecule has 0 spiro atoms. The first-order valence-electron chi connectivity index (χ1n) is 3.76. The minimum Gasteiger partial charge on any atom is -0.365 e. The molecule has 1 aromatic heterocycles. The van der Waals surface area contributed by atoms with Crippen molar-refractivity contribution < 1.29 is 0 Å². The van der Waals surface area contributed by atoms with Gasteiger partial charge >= 0.3 is 0 Å². The van der Waals surface area contributed by atoms with Crippen molar-refractivity contribution in [3.63, 3.8) is 0 Å². The number of hydrogen-bond donors (Lipinski definition) is 2. The molecule has 0 saturated carbocycles. The van der Waals surface area contributed by atoms with Gasteiger partial charge in [-0.15, -0.1) is 0 Å². The third kappa shape index (κ3) is 2.23. The normalized spacial score (nSPS) is 10.1. The summed E-state index contributed by atoms with van der Waals surface area (Å²) < 4.78 is 0. The lowest BCUT2D eigenvalue weighted by Crippen LogP contribution is -2.16. The summed E-state index contributed by atoms with van der Waals surface area (Å²) in [5.74, 6) is 0. The first-order valence-corrected chi connectivity index (χ1v) is 3.76. The predicted molar refractivity (Wildman–Crippen MR) is 43.0 cm³/mol. The van der Waals surface area contributed by atoms with Crippen molar-refractivity contribution in [1.29, 1.82) is 0 Å². The van der Waals surface area contributed by atoms with Gasteiger partial charge < -0.3 is 10.3 Å². The first kappa shape index (κ1) is 7.35. The SMILES string of the molecule is CCNCCc1ccc[nH]1. The minimum atomic E-state index is 1.06. The lowest BCUT2D eigenvalue weighted by atomic mass is 10.3. The van der Waals surface area contributed by atoms with Crippen molar-refractivity contribution in [2.75, 3.05) is 13.1 Å². The maximum atomic E-state index is 3.27. The fraction of sp³-hybridized carbons (Fsp3) is 0.500. The average molecular weight is 138 g/mol. The topological polar surface area (TPSA) is 27.8 Å². The van der Waals surface area contributed by atoms with Crippen molar-refractivity contribution in [1.82, 2.24) is 10.3 Å². The van der Waals surface area contributed by atoms with Crippen LogP contribution in [-0.2, 0) is 6.42 Å². The second kappa shape index (κ2) is 4.12. The van der Waals surface area contributed by atoms with Crippen molar-refractivity contribution in [3.8, 4) is 0 Å². The minimum absolute atomic E-state index is 1.06.